The Morgan fingerprint density at radius 1 is 1.53 bits per heavy atom. The lowest BCUT2D eigenvalue weighted by Gasteiger charge is -2.25. The topological polar surface area (TPSA) is 46.6 Å². The fourth-order valence-corrected chi connectivity index (χ4v) is 2.11. The smallest absolute Gasteiger partial charge is 0.417 e. The SMILES string of the molecule is CC(C)(CBr)OC(=O)N1Cc2c(Cl)cccc2C1=O. The summed E-state index contributed by atoms with van der Waals surface area (Å²) in [4.78, 5) is 25.2. The van der Waals surface area contributed by atoms with Gasteiger partial charge in [-0.3, -0.25) is 4.79 Å². The molecule has 0 saturated heterocycles. The molecule has 0 bridgehead atoms. The Morgan fingerprint density at radius 2 is 2.21 bits per heavy atom. The van der Waals surface area contributed by atoms with E-state index in [1.807, 2.05) is 0 Å². The van der Waals surface area contributed by atoms with E-state index in [1.165, 1.54) is 0 Å². The van der Waals surface area contributed by atoms with Gasteiger partial charge in [-0.1, -0.05) is 33.6 Å². The van der Waals surface area contributed by atoms with Crippen molar-refractivity contribution in [2.45, 2.75) is 26.0 Å². The van der Waals surface area contributed by atoms with Crippen LogP contribution in [0.3, 0.4) is 0 Å². The van der Waals surface area contributed by atoms with E-state index < -0.39 is 11.7 Å². The van der Waals surface area contributed by atoms with Gasteiger partial charge in [0.25, 0.3) is 5.91 Å². The zero-order chi connectivity index (χ0) is 14.2. The van der Waals surface area contributed by atoms with Crippen LogP contribution < -0.4 is 0 Å². The van der Waals surface area contributed by atoms with Gasteiger partial charge in [-0.05, 0) is 26.0 Å². The molecule has 0 saturated carbocycles. The molecule has 0 aliphatic carbocycles. The molecule has 1 aromatic rings. The highest BCUT2D eigenvalue weighted by molar-refractivity contribution is 9.09. The van der Waals surface area contributed by atoms with Crippen molar-refractivity contribution in [2.75, 3.05) is 5.33 Å². The second-order valence-corrected chi connectivity index (χ2v) is 5.89. The number of ether oxygens (including phenoxy) is 1. The van der Waals surface area contributed by atoms with Crippen LogP contribution >= 0.6 is 27.5 Å². The second-order valence-electron chi connectivity index (χ2n) is 4.92. The van der Waals surface area contributed by atoms with E-state index in [0.717, 1.165) is 4.90 Å². The van der Waals surface area contributed by atoms with Gasteiger partial charge in [0.1, 0.15) is 5.60 Å². The molecule has 6 heteroatoms. The third-order valence-electron chi connectivity index (χ3n) is 2.82. The molecule has 1 aliphatic rings. The first kappa shape index (κ1) is 14.3. The normalized spacial score (nSPS) is 14.5. The number of amides is 2. The predicted octanol–water partition coefficient (Wildman–Crippen LogP) is 3.61. The number of carbonyl (C=O) groups excluding carboxylic acids is 2. The molecule has 102 valence electrons. The molecule has 0 atom stereocenters. The molecule has 0 N–H and O–H groups in total. The lowest BCUT2D eigenvalue weighted by atomic mass is 10.1. The van der Waals surface area contributed by atoms with Gasteiger partial charge in [0.2, 0.25) is 0 Å². The summed E-state index contributed by atoms with van der Waals surface area (Å²) in [6, 6.07) is 5.05. The van der Waals surface area contributed by atoms with Gasteiger partial charge in [-0.2, -0.15) is 0 Å². The maximum atomic E-state index is 12.1. The minimum atomic E-state index is -0.671. The van der Waals surface area contributed by atoms with Gasteiger partial charge < -0.3 is 4.74 Å². The fraction of sp³-hybridized carbons (Fsp3) is 0.385. The number of fused-ring (bicyclic) bond motifs is 1. The Labute approximate surface area is 124 Å². The van der Waals surface area contributed by atoms with Crippen LogP contribution in [0.2, 0.25) is 5.02 Å². The molecule has 0 spiro atoms. The summed E-state index contributed by atoms with van der Waals surface area (Å²) in [5, 5.41) is 0.975. The van der Waals surface area contributed by atoms with E-state index in [1.54, 1.807) is 32.0 Å². The molecule has 1 aromatic carbocycles. The fourth-order valence-electron chi connectivity index (χ4n) is 1.76. The zero-order valence-corrected chi connectivity index (χ0v) is 12.9. The van der Waals surface area contributed by atoms with Crippen LogP contribution in [0.1, 0.15) is 29.8 Å². The summed E-state index contributed by atoms with van der Waals surface area (Å²) in [5.41, 5.74) is 0.458. The van der Waals surface area contributed by atoms with Crippen molar-refractivity contribution in [1.82, 2.24) is 4.90 Å². The van der Waals surface area contributed by atoms with E-state index in [-0.39, 0.29) is 12.5 Å². The largest absolute Gasteiger partial charge is 0.442 e. The van der Waals surface area contributed by atoms with Gasteiger partial charge in [0, 0.05) is 21.5 Å². The number of benzene rings is 1. The molecular formula is C13H13BrClNO3. The molecule has 2 rings (SSSR count). The van der Waals surface area contributed by atoms with Crippen molar-refractivity contribution in [2.24, 2.45) is 0 Å². The number of halogens is 2. The summed E-state index contributed by atoms with van der Waals surface area (Å²) < 4.78 is 5.29. The average molecular weight is 347 g/mol. The van der Waals surface area contributed by atoms with Crippen LogP contribution in [-0.4, -0.2) is 27.8 Å². The van der Waals surface area contributed by atoms with Gasteiger partial charge in [-0.25, -0.2) is 9.69 Å². The molecule has 2 amide bonds. The first-order valence-corrected chi connectivity index (χ1v) is 7.24. The highest BCUT2D eigenvalue weighted by Crippen LogP contribution is 2.30. The first-order valence-electron chi connectivity index (χ1n) is 5.74. The molecule has 0 unspecified atom stereocenters. The van der Waals surface area contributed by atoms with Gasteiger partial charge >= 0.3 is 6.09 Å². The van der Waals surface area contributed by atoms with Crippen LogP contribution in [0, 0.1) is 0 Å². The van der Waals surface area contributed by atoms with Crippen molar-refractivity contribution < 1.29 is 14.3 Å². The number of hydrogen-bond donors (Lipinski definition) is 0. The maximum absolute atomic E-state index is 12.1. The molecule has 0 aromatic heterocycles. The first-order chi connectivity index (χ1) is 8.85. The molecule has 4 nitrogen and oxygen atoms in total. The molecule has 0 fully saturated rings. The van der Waals surface area contributed by atoms with E-state index >= 15 is 0 Å². The third-order valence-corrected chi connectivity index (χ3v) is 4.52. The Kier molecular flexibility index (Phi) is 3.87. The van der Waals surface area contributed by atoms with Gasteiger partial charge in [0.05, 0.1) is 6.54 Å². The molecule has 0 radical (unpaired) electrons. The highest BCUT2D eigenvalue weighted by atomic mass is 79.9. The van der Waals surface area contributed by atoms with E-state index in [0.29, 0.717) is 21.5 Å². The van der Waals surface area contributed by atoms with Crippen molar-refractivity contribution in [3.8, 4) is 0 Å². The quantitative estimate of drug-likeness (QED) is 0.769. The van der Waals surface area contributed by atoms with Crippen LogP contribution in [0.5, 0.6) is 0 Å². The predicted molar refractivity (Wildman–Crippen MR) is 75.7 cm³/mol. The minimum absolute atomic E-state index is 0.158. The second kappa shape index (κ2) is 5.13. The van der Waals surface area contributed by atoms with Crippen molar-refractivity contribution in [1.29, 1.82) is 0 Å². The number of alkyl halides is 1. The number of rotatable bonds is 2. The number of carbonyl (C=O) groups is 2. The average Bonchev–Trinajstić information content (AvgIpc) is 2.68. The van der Waals surface area contributed by atoms with E-state index in [2.05, 4.69) is 15.9 Å². The summed E-state index contributed by atoms with van der Waals surface area (Å²) in [7, 11) is 0. The van der Waals surface area contributed by atoms with Crippen LogP contribution in [0.4, 0.5) is 4.79 Å². The van der Waals surface area contributed by atoms with E-state index in [4.69, 9.17) is 16.3 Å². The molecular weight excluding hydrogens is 334 g/mol. The number of nitrogens with zero attached hydrogens (tertiary/aromatic N) is 1. The van der Waals surface area contributed by atoms with E-state index in [9.17, 15) is 9.59 Å². The lowest BCUT2D eigenvalue weighted by Crippen LogP contribution is -2.39. The van der Waals surface area contributed by atoms with Gasteiger partial charge in [0.15, 0.2) is 0 Å². The van der Waals surface area contributed by atoms with Crippen LogP contribution in [0.25, 0.3) is 0 Å². The highest BCUT2D eigenvalue weighted by Gasteiger charge is 2.36. The maximum Gasteiger partial charge on any atom is 0.417 e. The van der Waals surface area contributed by atoms with Gasteiger partial charge in [-0.15, -0.1) is 0 Å². The molecule has 1 aliphatic heterocycles. The Morgan fingerprint density at radius 3 is 2.79 bits per heavy atom. The Balaban J connectivity index is 2.20. The number of hydrogen-bond acceptors (Lipinski definition) is 3. The summed E-state index contributed by atoms with van der Waals surface area (Å²) in [6.07, 6.45) is -0.651. The summed E-state index contributed by atoms with van der Waals surface area (Å²) in [5.74, 6) is -0.368. The van der Waals surface area contributed by atoms with Crippen molar-refractivity contribution >= 4 is 39.5 Å². The summed E-state index contributed by atoms with van der Waals surface area (Å²) >= 11 is 9.29. The van der Waals surface area contributed by atoms with Crippen LogP contribution in [0.15, 0.2) is 18.2 Å². The zero-order valence-electron chi connectivity index (χ0n) is 10.6. The Bertz CT molecular complexity index is 545. The lowest BCUT2D eigenvalue weighted by molar-refractivity contribution is 0.0277. The molecule has 1 heterocycles. The monoisotopic (exact) mass is 345 g/mol. The standard InChI is InChI=1S/C13H13BrClNO3/c1-13(2,7-14)19-12(18)16-6-9-8(11(16)17)4-3-5-10(9)15/h3-5H,6-7H2,1-2H3. The summed E-state index contributed by atoms with van der Waals surface area (Å²) in [6.45, 7) is 3.69. The third kappa shape index (κ3) is 2.77. The van der Waals surface area contributed by atoms with Crippen LogP contribution in [-0.2, 0) is 11.3 Å². The minimum Gasteiger partial charge on any atom is -0.442 e. The van der Waals surface area contributed by atoms with Crippen molar-refractivity contribution in [3.63, 3.8) is 0 Å². The Hall–Kier alpha value is -1.07. The number of imide groups is 1. The molecule has 19 heavy (non-hydrogen) atoms. The van der Waals surface area contributed by atoms with Crippen molar-refractivity contribution in [3.05, 3.63) is 34.3 Å².